The summed E-state index contributed by atoms with van der Waals surface area (Å²) in [7, 11) is 2.21. The first-order chi connectivity index (χ1) is 22.5. The molecule has 0 aromatic rings. The van der Waals surface area contributed by atoms with Crippen LogP contribution < -0.4 is 0 Å². The van der Waals surface area contributed by atoms with Crippen molar-refractivity contribution in [2.45, 2.75) is 117 Å². The number of carbonyl (C=O) groups is 3. The fourth-order valence-corrected chi connectivity index (χ4v) is 5.59. The average Bonchev–Trinajstić information content (AvgIpc) is 3.03. The van der Waals surface area contributed by atoms with E-state index in [4.69, 9.17) is 42.6 Å². The Bertz CT molecular complexity index is 1130. The van der Waals surface area contributed by atoms with Crippen molar-refractivity contribution in [1.29, 1.82) is 0 Å². The molecule has 4 aliphatic heterocycles. The maximum atomic E-state index is 12.1. The largest absolute Gasteiger partial charge is 0.479 e. The van der Waals surface area contributed by atoms with Crippen molar-refractivity contribution >= 4 is 17.9 Å². The van der Waals surface area contributed by atoms with Crippen molar-refractivity contribution < 1.29 is 113 Å². The summed E-state index contributed by atoms with van der Waals surface area (Å²) >= 11 is 0. The number of hydrogen-bond acceptors (Lipinski definition) is 20. The van der Waals surface area contributed by atoms with Crippen LogP contribution in [0, 0.1) is 0 Å². The van der Waals surface area contributed by atoms with Crippen LogP contribution in [-0.2, 0) is 57.0 Å². The predicted octanol–water partition coefficient (Wildman–Crippen LogP) is -7.52. The molecule has 0 saturated carbocycles. The molecular formula is C25H38O23. The first kappa shape index (κ1) is 38.5. The van der Waals surface area contributed by atoms with Gasteiger partial charge in [0.15, 0.2) is 43.5 Å². The van der Waals surface area contributed by atoms with Gasteiger partial charge in [0.25, 0.3) is 0 Å². The Labute approximate surface area is 269 Å². The van der Waals surface area contributed by atoms with Crippen molar-refractivity contribution in [1.82, 2.24) is 0 Å². The summed E-state index contributed by atoms with van der Waals surface area (Å²) in [5.74, 6) is -5.38. The van der Waals surface area contributed by atoms with E-state index in [-0.39, 0.29) is 0 Å². The highest BCUT2D eigenvalue weighted by Gasteiger charge is 2.57. The molecule has 0 amide bonds. The fraction of sp³-hybridized carbons (Fsp3) is 0.880. The van der Waals surface area contributed by atoms with Crippen molar-refractivity contribution in [2.75, 3.05) is 20.8 Å². The van der Waals surface area contributed by atoms with Gasteiger partial charge in [-0.25, -0.2) is 14.4 Å². The van der Waals surface area contributed by atoms with Crippen LogP contribution >= 0.6 is 0 Å². The molecule has 0 aromatic carbocycles. The molecule has 19 atom stereocenters. The van der Waals surface area contributed by atoms with Crippen LogP contribution in [0.15, 0.2) is 0 Å². The Morgan fingerprint density at radius 3 is 1.21 bits per heavy atom. The number of aliphatic hydroxyl groups excluding tert-OH is 8. The zero-order chi connectivity index (χ0) is 35.8. The standard InChI is InChI=1S/C25H38O23/c1-40-13-6(27)10(31)24(46-16(13)19(34)35)44-15-8(29)12(33)25(48-18(15)21(38)39)45-14-7(28)11(32)23(47-17(14)20(36)37)43-4-3-42-22(41-2)9(30)5(4)26/h4-18,22-33H,3H2,1-2H3,(H,34,35)(H,36,37)(H,38,39)/t4-,5-,6?,7?,8-,9?,10?,11?,12?,13+,14+,15+,16-,17?,18?,22-,23-,24-,25-/m1/s1. The van der Waals surface area contributed by atoms with Gasteiger partial charge in [-0.05, 0) is 0 Å². The molecule has 11 N–H and O–H groups in total. The SMILES string of the molecule is CO[C@@H]1OC[C@@H](O[C@@H]2OC(C(=O)O)[C@@H](O[C@@H]3OC(C(=O)O)[C@@H](O[C@@H]4O[C@@H](C(=O)O)[C@@H](OC)C(O)C4O)[C@H](O)C3O)C(O)C2O)[C@@H](O)C1O. The van der Waals surface area contributed by atoms with Gasteiger partial charge >= 0.3 is 17.9 Å². The summed E-state index contributed by atoms with van der Waals surface area (Å²) in [5.41, 5.74) is 0. The molecule has 276 valence electrons. The Balaban J connectivity index is 1.48. The highest BCUT2D eigenvalue weighted by molar-refractivity contribution is 5.74. The van der Waals surface area contributed by atoms with Gasteiger partial charge in [-0.3, -0.25) is 0 Å². The first-order valence-electron chi connectivity index (χ1n) is 14.3. The Hall–Kier alpha value is -2.27. The number of ether oxygens (including phenoxy) is 9. The molecule has 4 fully saturated rings. The molecule has 8 unspecified atom stereocenters. The van der Waals surface area contributed by atoms with Crippen LogP contribution in [0.4, 0.5) is 0 Å². The van der Waals surface area contributed by atoms with Gasteiger partial charge in [0.2, 0.25) is 0 Å². The van der Waals surface area contributed by atoms with Gasteiger partial charge in [0.1, 0.15) is 73.2 Å². The van der Waals surface area contributed by atoms with E-state index in [0.717, 1.165) is 7.11 Å². The zero-order valence-corrected chi connectivity index (χ0v) is 25.0. The number of aliphatic carboxylic acids is 3. The number of rotatable bonds is 11. The lowest BCUT2D eigenvalue weighted by atomic mass is 9.95. The molecule has 4 saturated heterocycles. The van der Waals surface area contributed by atoms with Crippen LogP contribution in [0.3, 0.4) is 0 Å². The number of hydrogen-bond donors (Lipinski definition) is 11. The molecule has 0 radical (unpaired) electrons. The molecule has 0 aliphatic carbocycles. The third-order valence-electron chi connectivity index (χ3n) is 8.19. The van der Waals surface area contributed by atoms with E-state index in [1.807, 2.05) is 0 Å². The van der Waals surface area contributed by atoms with Gasteiger partial charge in [0, 0.05) is 14.2 Å². The van der Waals surface area contributed by atoms with Crippen molar-refractivity contribution in [3.63, 3.8) is 0 Å². The summed E-state index contributed by atoms with van der Waals surface area (Å²) in [6.45, 7) is -0.428. The molecular weight excluding hydrogens is 668 g/mol. The highest BCUT2D eigenvalue weighted by Crippen LogP contribution is 2.34. The minimum Gasteiger partial charge on any atom is -0.479 e. The second kappa shape index (κ2) is 15.7. The number of methoxy groups -OCH3 is 2. The van der Waals surface area contributed by atoms with Gasteiger partial charge in [-0.2, -0.15) is 0 Å². The van der Waals surface area contributed by atoms with Crippen molar-refractivity contribution in [3.05, 3.63) is 0 Å². The van der Waals surface area contributed by atoms with E-state index < -0.39 is 141 Å². The highest BCUT2D eigenvalue weighted by atomic mass is 16.8. The summed E-state index contributed by atoms with van der Waals surface area (Å²) in [6.07, 6.45) is -37.7. The number of aliphatic hydroxyl groups is 8. The molecule has 4 heterocycles. The lowest BCUT2D eigenvalue weighted by molar-refractivity contribution is -0.376. The van der Waals surface area contributed by atoms with Gasteiger partial charge in [0.05, 0.1) is 6.61 Å². The quantitative estimate of drug-likeness (QED) is 0.0950. The maximum Gasteiger partial charge on any atom is 0.335 e. The van der Waals surface area contributed by atoms with Crippen LogP contribution in [0.25, 0.3) is 0 Å². The fourth-order valence-electron chi connectivity index (χ4n) is 5.59. The molecule has 0 bridgehead atoms. The van der Waals surface area contributed by atoms with Gasteiger partial charge in [-0.1, -0.05) is 0 Å². The summed E-state index contributed by atoms with van der Waals surface area (Å²) in [5, 5.41) is 113. The molecule has 0 spiro atoms. The predicted molar refractivity (Wildman–Crippen MR) is 139 cm³/mol. The minimum absolute atomic E-state index is 0.428. The Kier molecular flexibility index (Phi) is 12.6. The van der Waals surface area contributed by atoms with Crippen LogP contribution in [0.1, 0.15) is 0 Å². The maximum absolute atomic E-state index is 12.1. The van der Waals surface area contributed by atoms with Crippen molar-refractivity contribution in [2.24, 2.45) is 0 Å². The van der Waals surface area contributed by atoms with E-state index in [2.05, 4.69) is 0 Å². The lowest BCUT2D eigenvalue weighted by Gasteiger charge is -2.47. The van der Waals surface area contributed by atoms with Crippen LogP contribution in [0.5, 0.6) is 0 Å². The molecule has 4 rings (SSSR count). The van der Waals surface area contributed by atoms with Crippen LogP contribution in [-0.4, -0.2) is 212 Å². The topological polar surface area (TPSA) is 357 Å². The zero-order valence-electron chi connectivity index (χ0n) is 25.0. The lowest BCUT2D eigenvalue weighted by Crippen LogP contribution is -2.68. The Morgan fingerprint density at radius 2 is 0.833 bits per heavy atom. The average molecular weight is 707 g/mol. The third kappa shape index (κ3) is 7.57. The molecule has 4 aliphatic rings. The number of carboxylic acids is 3. The van der Waals surface area contributed by atoms with Crippen molar-refractivity contribution in [3.8, 4) is 0 Å². The summed E-state index contributed by atoms with van der Waals surface area (Å²) in [6, 6.07) is 0. The smallest absolute Gasteiger partial charge is 0.335 e. The normalized spacial score (nSPS) is 48.5. The second-order valence-electron chi connectivity index (χ2n) is 11.2. The van der Waals surface area contributed by atoms with Gasteiger partial charge < -0.3 is 98.8 Å². The van der Waals surface area contributed by atoms with E-state index in [9.17, 15) is 70.6 Å². The first-order valence-corrected chi connectivity index (χ1v) is 14.3. The number of carboxylic acid groups (broad SMARTS) is 3. The molecule has 48 heavy (non-hydrogen) atoms. The van der Waals surface area contributed by atoms with E-state index >= 15 is 0 Å². The molecule has 23 heteroatoms. The van der Waals surface area contributed by atoms with Crippen LogP contribution in [0.2, 0.25) is 0 Å². The summed E-state index contributed by atoms with van der Waals surface area (Å²) in [4.78, 5) is 35.8. The molecule has 23 nitrogen and oxygen atoms in total. The van der Waals surface area contributed by atoms with E-state index in [1.54, 1.807) is 0 Å². The van der Waals surface area contributed by atoms with Gasteiger partial charge in [-0.15, -0.1) is 0 Å². The second-order valence-corrected chi connectivity index (χ2v) is 11.2. The summed E-state index contributed by atoms with van der Waals surface area (Å²) < 4.78 is 46.5. The monoisotopic (exact) mass is 706 g/mol. The van der Waals surface area contributed by atoms with E-state index in [0.29, 0.717) is 0 Å². The third-order valence-corrected chi connectivity index (χ3v) is 8.19. The Morgan fingerprint density at radius 1 is 0.479 bits per heavy atom. The van der Waals surface area contributed by atoms with E-state index in [1.165, 1.54) is 7.11 Å². The minimum atomic E-state index is -2.32. The molecule has 0 aromatic heterocycles.